The molecule has 0 saturated carbocycles. The van der Waals surface area contributed by atoms with Crippen LogP contribution in [0.4, 0.5) is 0 Å². The van der Waals surface area contributed by atoms with Crippen molar-refractivity contribution in [3.63, 3.8) is 0 Å². The molecule has 8 heteroatoms. The van der Waals surface area contributed by atoms with E-state index in [4.69, 9.17) is 10.4 Å². The summed E-state index contributed by atoms with van der Waals surface area (Å²) in [6.45, 7) is 2.69. The molecule has 108 valence electrons. The number of carbonyl (C=O) groups is 1. The van der Waals surface area contributed by atoms with E-state index in [2.05, 4.69) is 15.2 Å². The highest BCUT2D eigenvalue weighted by Crippen LogP contribution is 2.23. The van der Waals surface area contributed by atoms with Crippen LogP contribution in [0.2, 0.25) is 0 Å². The number of carboxylic acids is 1. The summed E-state index contributed by atoms with van der Waals surface area (Å²) in [6.07, 6.45) is 2.34. The first-order valence-corrected chi connectivity index (χ1v) is 7.28. The van der Waals surface area contributed by atoms with Gasteiger partial charge >= 0.3 is 5.97 Å². The minimum Gasteiger partial charge on any atom is -0.481 e. The summed E-state index contributed by atoms with van der Waals surface area (Å²) in [5.74, 6) is -0.388. The van der Waals surface area contributed by atoms with Gasteiger partial charge in [0.1, 0.15) is 11.8 Å². The van der Waals surface area contributed by atoms with Gasteiger partial charge in [-0.2, -0.15) is 5.26 Å². The first kappa shape index (κ1) is 15.0. The van der Waals surface area contributed by atoms with Crippen LogP contribution in [-0.4, -0.2) is 36.6 Å². The van der Waals surface area contributed by atoms with E-state index in [9.17, 15) is 4.79 Å². The largest absolute Gasteiger partial charge is 0.481 e. The maximum atomic E-state index is 10.7. The smallest absolute Gasteiger partial charge is 0.313 e. The molecular formula is C13H13N5O2S. The standard InChI is InChI=1S/C13H13N5O2S/c1-2-5-18-12(10-4-3-9(6-14)7-15-10)16-17-13(18)21-8-11(19)20/h3-4,7H,2,5,8H2,1H3,(H,19,20). The number of aromatic nitrogens is 4. The maximum Gasteiger partial charge on any atom is 0.313 e. The molecule has 0 bridgehead atoms. The topological polar surface area (TPSA) is 105 Å². The molecule has 2 aromatic heterocycles. The molecule has 0 aliphatic carbocycles. The highest BCUT2D eigenvalue weighted by molar-refractivity contribution is 7.99. The van der Waals surface area contributed by atoms with Gasteiger partial charge in [0.05, 0.1) is 11.3 Å². The Morgan fingerprint density at radius 2 is 2.29 bits per heavy atom. The van der Waals surface area contributed by atoms with Gasteiger partial charge in [-0.3, -0.25) is 9.78 Å². The molecule has 0 amide bonds. The number of rotatable bonds is 6. The van der Waals surface area contributed by atoms with E-state index in [1.165, 1.54) is 6.20 Å². The monoisotopic (exact) mass is 303 g/mol. The Morgan fingerprint density at radius 3 is 2.86 bits per heavy atom. The van der Waals surface area contributed by atoms with Crippen LogP contribution in [0, 0.1) is 11.3 Å². The Kier molecular flexibility index (Phi) is 4.90. The number of thioether (sulfide) groups is 1. The summed E-state index contributed by atoms with van der Waals surface area (Å²) >= 11 is 1.13. The Morgan fingerprint density at radius 1 is 1.48 bits per heavy atom. The first-order valence-electron chi connectivity index (χ1n) is 6.30. The van der Waals surface area contributed by atoms with Gasteiger partial charge < -0.3 is 9.67 Å². The van der Waals surface area contributed by atoms with Gasteiger partial charge in [0.25, 0.3) is 0 Å². The Labute approximate surface area is 125 Å². The van der Waals surface area contributed by atoms with Crippen LogP contribution >= 0.6 is 11.8 Å². The average Bonchev–Trinajstić information content (AvgIpc) is 2.88. The zero-order chi connectivity index (χ0) is 15.2. The Balaban J connectivity index is 2.33. The van der Waals surface area contributed by atoms with Crippen molar-refractivity contribution in [1.82, 2.24) is 19.7 Å². The fourth-order valence-corrected chi connectivity index (χ4v) is 2.41. The fourth-order valence-electron chi connectivity index (χ4n) is 1.73. The van der Waals surface area contributed by atoms with Gasteiger partial charge in [0.15, 0.2) is 11.0 Å². The molecule has 7 nitrogen and oxygen atoms in total. The summed E-state index contributed by atoms with van der Waals surface area (Å²) < 4.78 is 1.85. The van der Waals surface area contributed by atoms with Crippen molar-refractivity contribution in [3.8, 4) is 17.6 Å². The van der Waals surface area contributed by atoms with Crippen LogP contribution in [0.1, 0.15) is 18.9 Å². The lowest BCUT2D eigenvalue weighted by Crippen LogP contribution is -2.05. The van der Waals surface area contributed by atoms with E-state index in [0.29, 0.717) is 28.8 Å². The molecular weight excluding hydrogens is 290 g/mol. The molecule has 0 aliphatic heterocycles. The van der Waals surface area contributed by atoms with Gasteiger partial charge in [-0.25, -0.2) is 0 Å². The second kappa shape index (κ2) is 6.85. The normalized spacial score (nSPS) is 10.3. The SMILES string of the molecule is CCCn1c(SCC(=O)O)nnc1-c1ccc(C#N)cn1. The molecule has 0 unspecified atom stereocenters. The van der Waals surface area contributed by atoms with Gasteiger partial charge in [-0.1, -0.05) is 18.7 Å². The van der Waals surface area contributed by atoms with Gasteiger partial charge in [0.2, 0.25) is 0 Å². The highest BCUT2D eigenvalue weighted by Gasteiger charge is 2.15. The number of nitriles is 1. The maximum absolute atomic E-state index is 10.7. The molecule has 0 radical (unpaired) electrons. The van der Waals surface area contributed by atoms with Crippen LogP contribution in [0.5, 0.6) is 0 Å². The molecule has 1 N–H and O–H groups in total. The molecule has 0 aromatic carbocycles. The predicted molar refractivity (Wildman–Crippen MR) is 76.6 cm³/mol. The predicted octanol–water partition coefficient (Wildman–Crippen LogP) is 1.80. The van der Waals surface area contributed by atoms with Crippen LogP contribution in [-0.2, 0) is 11.3 Å². The fraction of sp³-hybridized carbons (Fsp3) is 0.308. The lowest BCUT2D eigenvalue weighted by molar-refractivity contribution is -0.133. The summed E-state index contributed by atoms with van der Waals surface area (Å²) in [5.41, 5.74) is 1.08. The lowest BCUT2D eigenvalue weighted by atomic mass is 10.2. The number of pyridine rings is 1. The Bertz CT molecular complexity index is 675. The van der Waals surface area contributed by atoms with Crippen molar-refractivity contribution >= 4 is 17.7 Å². The van der Waals surface area contributed by atoms with E-state index in [0.717, 1.165) is 18.2 Å². The summed E-state index contributed by atoms with van der Waals surface area (Å²) in [5, 5.41) is 26.2. The number of aliphatic carboxylic acids is 1. The minimum absolute atomic E-state index is 0.0668. The van der Waals surface area contributed by atoms with E-state index in [-0.39, 0.29) is 5.75 Å². The zero-order valence-electron chi connectivity index (χ0n) is 11.4. The number of nitrogens with zero attached hydrogens (tertiary/aromatic N) is 5. The van der Waals surface area contributed by atoms with Gasteiger partial charge in [-0.05, 0) is 18.6 Å². The van der Waals surface area contributed by atoms with Crippen LogP contribution < -0.4 is 0 Å². The molecule has 2 aromatic rings. The third-order valence-corrected chi connectivity index (χ3v) is 3.56. The average molecular weight is 303 g/mol. The van der Waals surface area contributed by atoms with E-state index >= 15 is 0 Å². The number of hydrogen-bond acceptors (Lipinski definition) is 6. The van der Waals surface area contributed by atoms with E-state index in [1.807, 2.05) is 17.6 Å². The van der Waals surface area contributed by atoms with Crippen molar-refractivity contribution in [2.24, 2.45) is 0 Å². The molecule has 2 heterocycles. The third-order valence-electron chi connectivity index (χ3n) is 2.61. The number of hydrogen-bond donors (Lipinski definition) is 1. The second-order valence-corrected chi connectivity index (χ2v) is 5.13. The van der Waals surface area contributed by atoms with Crippen LogP contribution in [0.3, 0.4) is 0 Å². The lowest BCUT2D eigenvalue weighted by Gasteiger charge is -2.07. The quantitative estimate of drug-likeness (QED) is 0.811. The third kappa shape index (κ3) is 3.58. The molecule has 2 rings (SSSR count). The molecule has 0 atom stereocenters. The van der Waals surface area contributed by atoms with Crippen molar-refractivity contribution in [2.45, 2.75) is 25.0 Å². The molecule has 0 aliphatic rings. The Hall–Kier alpha value is -2.40. The molecule has 0 fully saturated rings. The minimum atomic E-state index is -0.899. The summed E-state index contributed by atoms with van der Waals surface area (Å²) in [6, 6.07) is 5.38. The van der Waals surface area contributed by atoms with E-state index < -0.39 is 5.97 Å². The van der Waals surface area contributed by atoms with Gasteiger partial charge in [-0.15, -0.1) is 10.2 Å². The van der Waals surface area contributed by atoms with Gasteiger partial charge in [0, 0.05) is 12.7 Å². The van der Waals surface area contributed by atoms with E-state index in [1.54, 1.807) is 12.1 Å². The summed E-state index contributed by atoms with van der Waals surface area (Å²) in [4.78, 5) is 14.9. The summed E-state index contributed by atoms with van der Waals surface area (Å²) in [7, 11) is 0. The number of carboxylic acid groups (broad SMARTS) is 1. The van der Waals surface area contributed by atoms with Crippen LogP contribution in [0.15, 0.2) is 23.5 Å². The van der Waals surface area contributed by atoms with Crippen molar-refractivity contribution in [2.75, 3.05) is 5.75 Å². The second-order valence-electron chi connectivity index (χ2n) is 4.18. The van der Waals surface area contributed by atoms with Crippen molar-refractivity contribution < 1.29 is 9.90 Å². The zero-order valence-corrected chi connectivity index (χ0v) is 12.2. The first-order chi connectivity index (χ1) is 10.2. The highest BCUT2D eigenvalue weighted by atomic mass is 32.2. The molecule has 21 heavy (non-hydrogen) atoms. The molecule has 0 spiro atoms. The molecule has 0 saturated heterocycles. The van der Waals surface area contributed by atoms with Crippen LogP contribution in [0.25, 0.3) is 11.5 Å². The van der Waals surface area contributed by atoms with Crippen molar-refractivity contribution in [3.05, 3.63) is 23.9 Å². The van der Waals surface area contributed by atoms with Crippen molar-refractivity contribution in [1.29, 1.82) is 5.26 Å².